The Labute approximate surface area is 89.5 Å². The van der Waals surface area contributed by atoms with Gasteiger partial charge in [0.1, 0.15) is 11.4 Å². The SMILES string of the molecule is CCOc1cccc(N2CCCO2)c1N. The van der Waals surface area contributed by atoms with E-state index in [1.165, 1.54) is 0 Å². The molecule has 1 aliphatic rings. The highest BCUT2D eigenvalue weighted by atomic mass is 16.7. The molecule has 4 nitrogen and oxygen atoms in total. The third-order valence-electron chi connectivity index (χ3n) is 2.36. The zero-order chi connectivity index (χ0) is 10.7. The van der Waals surface area contributed by atoms with E-state index in [0.717, 1.165) is 31.0 Å². The van der Waals surface area contributed by atoms with E-state index in [9.17, 15) is 0 Å². The number of hydrogen-bond acceptors (Lipinski definition) is 4. The number of nitrogens with zero attached hydrogens (tertiary/aromatic N) is 1. The van der Waals surface area contributed by atoms with E-state index >= 15 is 0 Å². The predicted octanol–water partition coefficient (Wildman–Crippen LogP) is 1.81. The molecule has 2 N–H and O–H groups in total. The first-order valence-corrected chi connectivity index (χ1v) is 5.24. The monoisotopic (exact) mass is 208 g/mol. The first-order valence-electron chi connectivity index (χ1n) is 5.24. The summed E-state index contributed by atoms with van der Waals surface area (Å²) in [4.78, 5) is 5.45. The molecular weight excluding hydrogens is 192 g/mol. The molecule has 1 aromatic rings. The Balaban J connectivity index is 2.26. The molecule has 82 valence electrons. The van der Waals surface area contributed by atoms with Gasteiger partial charge in [-0.1, -0.05) is 6.07 Å². The molecule has 0 aromatic heterocycles. The molecule has 0 amide bonds. The van der Waals surface area contributed by atoms with Gasteiger partial charge in [0, 0.05) is 6.54 Å². The maximum absolute atomic E-state index is 6.00. The highest BCUT2D eigenvalue weighted by Crippen LogP contribution is 2.33. The first-order chi connectivity index (χ1) is 7.33. The van der Waals surface area contributed by atoms with E-state index < -0.39 is 0 Å². The van der Waals surface area contributed by atoms with Gasteiger partial charge in [-0.15, -0.1) is 0 Å². The van der Waals surface area contributed by atoms with Gasteiger partial charge in [-0.3, -0.25) is 9.90 Å². The molecule has 0 unspecified atom stereocenters. The number of benzene rings is 1. The maximum Gasteiger partial charge on any atom is 0.144 e. The third kappa shape index (κ3) is 1.99. The summed E-state index contributed by atoms with van der Waals surface area (Å²) in [6, 6.07) is 5.75. The lowest BCUT2D eigenvalue weighted by Crippen LogP contribution is -2.17. The molecule has 0 radical (unpaired) electrons. The molecule has 1 heterocycles. The fraction of sp³-hybridized carbons (Fsp3) is 0.455. The summed E-state index contributed by atoms with van der Waals surface area (Å²) in [5.41, 5.74) is 7.56. The molecule has 1 fully saturated rings. The van der Waals surface area contributed by atoms with Crippen LogP contribution in [-0.2, 0) is 4.84 Å². The van der Waals surface area contributed by atoms with Crippen molar-refractivity contribution in [3.63, 3.8) is 0 Å². The Morgan fingerprint density at radius 1 is 1.53 bits per heavy atom. The van der Waals surface area contributed by atoms with Gasteiger partial charge in [-0.05, 0) is 25.5 Å². The quantitative estimate of drug-likeness (QED) is 0.769. The highest BCUT2D eigenvalue weighted by Gasteiger charge is 2.17. The van der Waals surface area contributed by atoms with E-state index in [1.807, 2.05) is 30.2 Å². The van der Waals surface area contributed by atoms with Gasteiger partial charge in [-0.25, -0.2) is 0 Å². The van der Waals surface area contributed by atoms with Gasteiger partial charge in [-0.2, -0.15) is 0 Å². The lowest BCUT2D eigenvalue weighted by molar-refractivity contribution is 0.168. The zero-order valence-corrected chi connectivity index (χ0v) is 8.90. The number of rotatable bonds is 3. The van der Waals surface area contributed by atoms with Crippen molar-refractivity contribution in [3.05, 3.63) is 18.2 Å². The van der Waals surface area contributed by atoms with Crippen LogP contribution in [0.5, 0.6) is 5.75 Å². The van der Waals surface area contributed by atoms with Gasteiger partial charge in [0.05, 0.1) is 18.9 Å². The van der Waals surface area contributed by atoms with Gasteiger partial charge in [0.2, 0.25) is 0 Å². The largest absolute Gasteiger partial charge is 0.492 e. The normalized spacial score (nSPS) is 15.7. The van der Waals surface area contributed by atoms with Crippen LogP contribution in [0, 0.1) is 0 Å². The number of nitrogen functional groups attached to an aromatic ring is 1. The summed E-state index contributed by atoms with van der Waals surface area (Å²) in [5.74, 6) is 0.727. The van der Waals surface area contributed by atoms with Crippen LogP contribution in [0.15, 0.2) is 18.2 Å². The van der Waals surface area contributed by atoms with Crippen molar-refractivity contribution in [2.75, 3.05) is 30.6 Å². The van der Waals surface area contributed by atoms with E-state index in [2.05, 4.69) is 0 Å². The molecule has 0 aliphatic carbocycles. The molecule has 1 aliphatic heterocycles. The topological polar surface area (TPSA) is 47.7 Å². The molecular formula is C11H16N2O2. The van der Waals surface area contributed by atoms with E-state index in [1.54, 1.807) is 0 Å². The molecule has 0 saturated carbocycles. The van der Waals surface area contributed by atoms with Crippen LogP contribution in [0.25, 0.3) is 0 Å². The standard InChI is InChI=1S/C11H16N2O2/c1-2-14-10-6-3-5-9(11(10)12)13-7-4-8-15-13/h3,5-6H,2,4,7-8,12H2,1H3. The molecule has 1 aromatic carbocycles. The minimum absolute atomic E-state index is 0.620. The maximum atomic E-state index is 6.00. The van der Waals surface area contributed by atoms with Crippen LogP contribution in [-0.4, -0.2) is 19.8 Å². The van der Waals surface area contributed by atoms with Crippen molar-refractivity contribution in [1.82, 2.24) is 0 Å². The molecule has 0 spiro atoms. The van der Waals surface area contributed by atoms with Crippen LogP contribution >= 0.6 is 0 Å². The molecule has 2 rings (SSSR count). The highest BCUT2D eigenvalue weighted by molar-refractivity contribution is 5.73. The second-order valence-corrected chi connectivity index (χ2v) is 3.41. The molecule has 15 heavy (non-hydrogen) atoms. The van der Waals surface area contributed by atoms with Crippen LogP contribution in [0.3, 0.4) is 0 Å². The smallest absolute Gasteiger partial charge is 0.144 e. The van der Waals surface area contributed by atoms with Crippen molar-refractivity contribution in [3.8, 4) is 5.75 Å². The van der Waals surface area contributed by atoms with Crippen LogP contribution < -0.4 is 15.5 Å². The Hall–Kier alpha value is -1.42. The van der Waals surface area contributed by atoms with Crippen LogP contribution in [0.1, 0.15) is 13.3 Å². The number of hydroxylamine groups is 1. The Morgan fingerprint density at radius 3 is 3.07 bits per heavy atom. The van der Waals surface area contributed by atoms with Gasteiger partial charge < -0.3 is 10.5 Å². The van der Waals surface area contributed by atoms with Crippen molar-refractivity contribution >= 4 is 11.4 Å². The molecule has 0 atom stereocenters. The summed E-state index contributed by atoms with van der Waals surface area (Å²) < 4.78 is 5.43. The molecule has 1 saturated heterocycles. The lowest BCUT2D eigenvalue weighted by Gasteiger charge is -2.19. The second kappa shape index (κ2) is 4.40. The van der Waals surface area contributed by atoms with Gasteiger partial charge in [0.15, 0.2) is 0 Å². The Kier molecular flexibility index (Phi) is 2.97. The summed E-state index contributed by atoms with van der Waals surface area (Å²) in [6.07, 6.45) is 1.04. The average molecular weight is 208 g/mol. The van der Waals surface area contributed by atoms with Crippen LogP contribution in [0.2, 0.25) is 0 Å². The fourth-order valence-electron chi connectivity index (χ4n) is 1.67. The van der Waals surface area contributed by atoms with Crippen molar-refractivity contribution in [2.24, 2.45) is 0 Å². The number of anilines is 2. The minimum atomic E-state index is 0.620. The number of ether oxygens (including phenoxy) is 1. The van der Waals surface area contributed by atoms with Crippen LogP contribution in [0.4, 0.5) is 11.4 Å². The van der Waals surface area contributed by atoms with E-state index in [4.69, 9.17) is 15.3 Å². The van der Waals surface area contributed by atoms with E-state index in [0.29, 0.717) is 12.3 Å². The van der Waals surface area contributed by atoms with Crippen molar-refractivity contribution in [2.45, 2.75) is 13.3 Å². The number of hydrogen-bond donors (Lipinski definition) is 1. The first kappa shape index (κ1) is 10.1. The Bertz CT molecular complexity index is 335. The van der Waals surface area contributed by atoms with E-state index in [-0.39, 0.29) is 0 Å². The van der Waals surface area contributed by atoms with Gasteiger partial charge in [0.25, 0.3) is 0 Å². The fourth-order valence-corrected chi connectivity index (χ4v) is 1.67. The lowest BCUT2D eigenvalue weighted by atomic mass is 10.2. The average Bonchev–Trinajstić information content (AvgIpc) is 2.74. The number of para-hydroxylation sites is 1. The van der Waals surface area contributed by atoms with Gasteiger partial charge >= 0.3 is 0 Å². The van der Waals surface area contributed by atoms with Crippen molar-refractivity contribution in [1.29, 1.82) is 0 Å². The summed E-state index contributed by atoms with van der Waals surface area (Å²) in [5, 5.41) is 1.83. The summed E-state index contributed by atoms with van der Waals surface area (Å²) in [7, 11) is 0. The third-order valence-corrected chi connectivity index (χ3v) is 2.36. The molecule has 0 bridgehead atoms. The second-order valence-electron chi connectivity index (χ2n) is 3.41. The Morgan fingerprint density at radius 2 is 2.40 bits per heavy atom. The zero-order valence-electron chi connectivity index (χ0n) is 8.90. The number of nitrogens with two attached hydrogens (primary N) is 1. The molecule has 4 heteroatoms. The van der Waals surface area contributed by atoms with Crippen molar-refractivity contribution < 1.29 is 9.57 Å². The minimum Gasteiger partial charge on any atom is -0.492 e. The predicted molar refractivity (Wildman–Crippen MR) is 59.9 cm³/mol. The summed E-state index contributed by atoms with van der Waals surface area (Å²) >= 11 is 0. The summed E-state index contributed by atoms with van der Waals surface area (Å²) in [6.45, 7) is 4.21.